The minimum absolute atomic E-state index is 0.165. The van der Waals surface area contributed by atoms with Crippen molar-refractivity contribution >= 4 is 64.2 Å². The van der Waals surface area contributed by atoms with Gasteiger partial charge in [-0.05, 0) is 54.5 Å². The molecule has 0 heterocycles. The number of halogens is 2. The second-order valence-electron chi connectivity index (χ2n) is 6.89. The van der Waals surface area contributed by atoms with Gasteiger partial charge in [0, 0.05) is 21.7 Å². The average molecular weight is 485 g/mol. The maximum atomic E-state index is 12.8. The molecule has 32 heavy (non-hydrogen) atoms. The second kappa shape index (κ2) is 11.8. The van der Waals surface area contributed by atoms with E-state index in [-0.39, 0.29) is 17.1 Å². The van der Waals surface area contributed by atoms with Crippen molar-refractivity contribution in [3.05, 3.63) is 94.5 Å². The molecule has 0 radical (unpaired) electrons. The highest BCUT2D eigenvalue weighted by molar-refractivity contribution is 8.00. The average Bonchev–Trinajstić information content (AvgIpc) is 2.79. The van der Waals surface area contributed by atoms with Crippen molar-refractivity contribution in [3.63, 3.8) is 0 Å². The number of hydrogen-bond donors (Lipinski definition) is 2. The van der Waals surface area contributed by atoms with Crippen LogP contribution in [0.4, 0.5) is 11.4 Å². The molecule has 2 amide bonds. The highest BCUT2D eigenvalue weighted by atomic mass is 35.5. The standard InChI is InChI=1S/C25H22Cl2N2O2S/c1-2-23(25(31)29-22-15-18(26)12-13-21(22)27)32-20-10-6-9-19(16-20)28-24(30)14-11-17-7-4-3-5-8-17/h3-16,23H,2H2,1H3,(H,28,30)(H,29,31)/b14-11+. The molecule has 0 fully saturated rings. The summed E-state index contributed by atoms with van der Waals surface area (Å²) in [7, 11) is 0. The first-order chi connectivity index (χ1) is 15.4. The Morgan fingerprint density at radius 2 is 1.75 bits per heavy atom. The van der Waals surface area contributed by atoms with Gasteiger partial charge in [-0.15, -0.1) is 11.8 Å². The van der Waals surface area contributed by atoms with Crippen molar-refractivity contribution in [2.75, 3.05) is 10.6 Å². The summed E-state index contributed by atoms with van der Waals surface area (Å²) >= 11 is 13.6. The Labute approximate surface area is 202 Å². The normalized spacial score (nSPS) is 11.8. The molecule has 4 nitrogen and oxygen atoms in total. The topological polar surface area (TPSA) is 58.2 Å². The number of carbonyl (C=O) groups is 2. The third-order valence-corrected chi connectivity index (χ3v) is 6.38. The van der Waals surface area contributed by atoms with Gasteiger partial charge < -0.3 is 10.6 Å². The minimum atomic E-state index is -0.339. The molecule has 2 N–H and O–H groups in total. The molecular formula is C25H22Cl2N2O2S. The van der Waals surface area contributed by atoms with Crippen molar-refractivity contribution in [1.29, 1.82) is 0 Å². The Balaban J connectivity index is 1.63. The summed E-state index contributed by atoms with van der Waals surface area (Å²) in [5, 5.41) is 6.28. The summed E-state index contributed by atoms with van der Waals surface area (Å²) in [5.41, 5.74) is 2.09. The third-order valence-electron chi connectivity index (χ3n) is 4.46. The zero-order chi connectivity index (χ0) is 22.9. The van der Waals surface area contributed by atoms with E-state index in [9.17, 15) is 9.59 Å². The fraction of sp³-hybridized carbons (Fsp3) is 0.120. The molecule has 3 aromatic carbocycles. The number of amides is 2. The Hall–Kier alpha value is -2.73. The van der Waals surface area contributed by atoms with Crippen LogP contribution in [0.2, 0.25) is 10.0 Å². The van der Waals surface area contributed by atoms with Crippen LogP contribution in [0.3, 0.4) is 0 Å². The largest absolute Gasteiger partial charge is 0.324 e. The van der Waals surface area contributed by atoms with E-state index >= 15 is 0 Å². The van der Waals surface area contributed by atoms with E-state index in [0.717, 1.165) is 10.5 Å². The van der Waals surface area contributed by atoms with E-state index in [2.05, 4.69) is 10.6 Å². The van der Waals surface area contributed by atoms with Crippen LogP contribution in [-0.2, 0) is 9.59 Å². The molecule has 0 saturated carbocycles. The molecule has 0 aliphatic rings. The molecule has 3 rings (SSSR count). The van der Waals surface area contributed by atoms with Crippen LogP contribution in [0, 0.1) is 0 Å². The quantitative estimate of drug-likeness (QED) is 0.263. The Morgan fingerprint density at radius 1 is 0.969 bits per heavy atom. The Bertz CT molecular complexity index is 1120. The first kappa shape index (κ1) is 23.9. The fourth-order valence-corrected chi connectivity index (χ4v) is 4.21. The zero-order valence-electron chi connectivity index (χ0n) is 17.3. The van der Waals surface area contributed by atoms with Gasteiger partial charge in [0.1, 0.15) is 0 Å². The van der Waals surface area contributed by atoms with Crippen molar-refractivity contribution < 1.29 is 9.59 Å². The number of anilines is 2. The first-order valence-electron chi connectivity index (χ1n) is 10.0. The lowest BCUT2D eigenvalue weighted by Crippen LogP contribution is -2.24. The molecule has 0 aliphatic carbocycles. The number of benzene rings is 3. The van der Waals surface area contributed by atoms with E-state index in [1.54, 1.807) is 24.3 Å². The van der Waals surface area contributed by atoms with Gasteiger partial charge in [0.25, 0.3) is 0 Å². The van der Waals surface area contributed by atoms with Crippen molar-refractivity contribution in [2.45, 2.75) is 23.5 Å². The highest BCUT2D eigenvalue weighted by Crippen LogP contribution is 2.30. The highest BCUT2D eigenvalue weighted by Gasteiger charge is 2.19. The monoisotopic (exact) mass is 484 g/mol. The molecule has 0 bridgehead atoms. The summed E-state index contributed by atoms with van der Waals surface area (Å²) in [6, 6.07) is 21.9. The number of rotatable bonds is 8. The number of hydrogen-bond acceptors (Lipinski definition) is 3. The summed E-state index contributed by atoms with van der Waals surface area (Å²) < 4.78 is 0. The molecule has 1 atom stereocenters. The molecule has 3 aromatic rings. The lowest BCUT2D eigenvalue weighted by Gasteiger charge is -2.16. The summed E-state index contributed by atoms with van der Waals surface area (Å²) in [5.74, 6) is -0.390. The van der Waals surface area contributed by atoms with Gasteiger partial charge in [-0.3, -0.25) is 9.59 Å². The summed E-state index contributed by atoms with van der Waals surface area (Å²) in [4.78, 5) is 25.9. The molecule has 0 aliphatic heterocycles. The van der Waals surface area contributed by atoms with Gasteiger partial charge in [-0.25, -0.2) is 0 Å². The van der Waals surface area contributed by atoms with Crippen LogP contribution in [0.1, 0.15) is 18.9 Å². The van der Waals surface area contributed by atoms with Crippen LogP contribution in [0.15, 0.2) is 83.8 Å². The van der Waals surface area contributed by atoms with Gasteiger partial charge in [0.2, 0.25) is 11.8 Å². The summed E-state index contributed by atoms with van der Waals surface area (Å²) in [6.45, 7) is 1.94. The zero-order valence-corrected chi connectivity index (χ0v) is 19.7. The lowest BCUT2D eigenvalue weighted by atomic mass is 10.2. The van der Waals surface area contributed by atoms with Gasteiger partial charge in [0.05, 0.1) is 16.0 Å². The molecule has 0 saturated heterocycles. The van der Waals surface area contributed by atoms with Gasteiger partial charge in [0.15, 0.2) is 0 Å². The minimum Gasteiger partial charge on any atom is -0.324 e. The summed E-state index contributed by atoms with van der Waals surface area (Å²) in [6.07, 6.45) is 3.86. The maximum Gasteiger partial charge on any atom is 0.248 e. The lowest BCUT2D eigenvalue weighted by molar-refractivity contribution is -0.115. The molecule has 0 aromatic heterocycles. The van der Waals surface area contributed by atoms with Gasteiger partial charge in [-0.1, -0.05) is 66.5 Å². The van der Waals surface area contributed by atoms with E-state index in [0.29, 0.717) is 27.8 Å². The molecule has 0 spiro atoms. The smallest absolute Gasteiger partial charge is 0.248 e. The van der Waals surface area contributed by atoms with Crippen molar-refractivity contribution in [3.8, 4) is 0 Å². The SMILES string of the molecule is CCC(Sc1cccc(NC(=O)/C=C/c2ccccc2)c1)C(=O)Nc1cc(Cl)ccc1Cl. The molecule has 1 unspecified atom stereocenters. The van der Waals surface area contributed by atoms with Crippen molar-refractivity contribution in [1.82, 2.24) is 0 Å². The van der Waals surface area contributed by atoms with Crippen LogP contribution >= 0.6 is 35.0 Å². The van der Waals surface area contributed by atoms with Gasteiger partial charge >= 0.3 is 0 Å². The molecule has 7 heteroatoms. The van der Waals surface area contributed by atoms with Crippen LogP contribution in [0.25, 0.3) is 6.08 Å². The third kappa shape index (κ3) is 7.16. The number of carbonyl (C=O) groups excluding carboxylic acids is 2. The molecular weight excluding hydrogens is 463 g/mol. The maximum absolute atomic E-state index is 12.8. The fourth-order valence-electron chi connectivity index (χ4n) is 2.86. The van der Waals surface area contributed by atoms with Gasteiger partial charge in [-0.2, -0.15) is 0 Å². The first-order valence-corrected chi connectivity index (χ1v) is 11.6. The van der Waals surface area contributed by atoms with Crippen LogP contribution in [-0.4, -0.2) is 17.1 Å². The number of nitrogens with one attached hydrogen (secondary N) is 2. The van der Waals surface area contributed by atoms with Crippen molar-refractivity contribution in [2.24, 2.45) is 0 Å². The Kier molecular flexibility index (Phi) is 8.80. The Morgan fingerprint density at radius 3 is 2.50 bits per heavy atom. The predicted molar refractivity (Wildman–Crippen MR) is 136 cm³/mol. The van der Waals surface area contributed by atoms with Crippen LogP contribution < -0.4 is 10.6 Å². The van der Waals surface area contributed by atoms with Crippen LogP contribution in [0.5, 0.6) is 0 Å². The number of thioether (sulfide) groups is 1. The van der Waals surface area contributed by atoms with E-state index in [1.807, 2.05) is 61.5 Å². The van der Waals surface area contributed by atoms with E-state index in [1.165, 1.54) is 17.8 Å². The van der Waals surface area contributed by atoms with E-state index in [4.69, 9.17) is 23.2 Å². The second-order valence-corrected chi connectivity index (χ2v) is 9.01. The molecule has 164 valence electrons. The van der Waals surface area contributed by atoms with E-state index < -0.39 is 0 Å². The predicted octanol–water partition coefficient (Wildman–Crippen LogP) is 7.15.